The molecular formula is C12H12BrN3O. The Morgan fingerprint density at radius 3 is 2.71 bits per heavy atom. The summed E-state index contributed by atoms with van der Waals surface area (Å²) in [5, 5.41) is 0. The molecule has 0 amide bonds. The van der Waals surface area contributed by atoms with Gasteiger partial charge in [-0.05, 0) is 28.4 Å². The van der Waals surface area contributed by atoms with E-state index in [9.17, 15) is 0 Å². The minimum absolute atomic E-state index is 0.123. The number of hydrogen-bond donors (Lipinski definition) is 1. The molecule has 0 spiro atoms. The van der Waals surface area contributed by atoms with Gasteiger partial charge in [0.05, 0.1) is 6.20 Å². The van der Waals surface area contributed by atoms with Crippen LogP contribution in [-0.4, -0.2) is 9.97 Å². The van der Waals surface area contributed by atoms with E-state index in [0.717, 1.165) is 5.56 Å². The van der Waals surface area contributed by atoms with Gasteiger partial charge in [-0.1, -0.05) is 30.3 Å². The molecule has 0 unspecified atom stereocenters. The zero-order valence-corrected chi connectivity index (χ0v) is 10.9. The SMILES string of the molecule is C[C@@H](Oc1nc(Br)cnc1N)c1ccccc1. The summed E-state index contributed by atoms with van der Waals surface area (Å²) in [4.78, 5) is 8.11. The smallest absolute Gasteiger partial charge is 0.258 e. The standard InChI is InChI=1S/C12H12BrN3O/c1-8(9-5-3-2-4-6-9)17-12-11(14)15-7-10(13)16-12/h2-8H,1H3,(H2,14,15)/t8-/m1/s1. The van der Waals surface area contributed by atoms with Crippen LogP contribution in [0, 0.1) is 0 Å². The van der Waals surface area contributed by atoms with Gasteiger partial charge < -0.3 is 10.5 Å². The number of ether oxygens (including phenoxy) is 1. The number of halogens is 1. The molecule has 1 aromatic carbocycles. The molecule has 17 heavy (non-hydrogen) atoms. The summed E-state index contributed by atoms with van der Waals surface area (Å²) in [5.74, 6) is 0.631. The topological polar surface area (TPSA) is 61.0 Å². The number of rotatable bonds is 3. The Bertz CT molecular complexity index is 504. The third-order valence-corrected chi connectivity index (χ3v) is 2.68. The van der Waals surface area contributed by atoms with Gasteiger partial charge in [0.25, 0.3) is 5.88 Å². The van der Waals surface area contributed by atoms with Crippen LogP contribution in [0.3, 0.4) is 0 Å². The summed E-state index contributed by atoms with van der Waals surface area (Å²) in [7, 11) is 0. The van der Waals surface area contributed by atoms with E-state index in [1.54, 1.807) is 0 Å². The first-order chi connectivity index (χ1) is 8.16. The minimum Gasteiger partial charge on any atom is -0.467 e. The minimum atomic E-state index is -0.123. The van der Waals surface area contributed by atoms with Gasteiger partial charge >= 0.3 is 0 Å². The van der Waals surface area contributed by atoms with E-state index < -0.39 is 0 Å². The van der Waals surface area contributed by atoms with Crippen molar-refractivity contribution in [2.75, 3.05) is 5.73 Å². The lowest BCUT2D eigenvalue weighted by atomic mass is 10.1. The Morgan fingerprint density at radius 2 is 2.00 bits per heavy atom. The lowest BCUT2D eigenvalue weighted by Crippen LogP contribution is -2.07. The van der Waals surface area contributed by atoms with Crippen molar-refractivity contribution in [2.24, 2.45) is 0 Å². The fourth-order valence-corrected chi connectivity index (χ4v) is 1.67. The van der Waals surface area contributed by atoms with Gasteiger partial charge in [-0.3, -0.25) is 0 Å². The molecule has 88 valence electrons. The fourth-order valence-electron chi connectivity index (χ4n) is 1.41. The van der Waals surface area contributed by atoms with Crippen molar-refractivity contribution < 1.29 is 4.74 Å². The molecule has 0 saturated heterocycles. The van der Waals surface area contributed by atoms with E-state index in [-0.39, 0.29) is 11.9 Å². The van der Waals surface area contributed by atoms with Gasteiger partial charge in [-0.25, -0.2) is 9.97 Å². The first-order valence-electron chi connectivity index (χ1n) is 5.16. The summed E-state index contributed by atoms with van der Waals surface area (Å²) in [6, 6.07) is 9.87. The van der Waals surface area contributed by atoms with E-state index in [1.165, 1.54) is 6.20 Å². The van der Waals surface area contributed by atoms with Crippen LogP contribution in [0.5, 0.6) is 5.88 Å². The van der Waals surface area contributed by atoms with Crippen molar-refractivity contribution in [3.8, 4) is 5.88 Å². The molecule has 2 rings (SSSR count). The van der Waals surface area contributed by atoms with Gasteiger partial charge in [-0.15, -0.1) is 0 Å². The monoisotopic (exact) mass is 293 g/mol. The van der Waals surface area contributed by atoms with Crippen molar-refractivity contribution >= 4 is 21.7 Å². The molecule has 4 nitrogen and oxygen atoms in total. The Kier molecular flexibility index (Phi) is 3.58. The van der Waals surface area contributed by atoms with Crippen molar-refractivity contribution in [3.05, 3.63) is 46.7 Å². The van der Waals surface area contributed by atoms with Crippen molar-refractivity contribution in [3.63, 3.8) is 0 Å². The molecule has 0 aliphatic carbocycles. The largest absolute Gasteiger partial charge is 0.467 e. The second-order valence-electron chi connectivity index (χ2n) is 3.55. The van der Waals surface area contributed by atoms with Crippen LogP contribution in [0.4, 0.5) is 5.82 Å². The molecular weight excluding hydrogens is 282 g/mol. The first kappa shape index (κ1) is 11.9. The Balaban J connectivity index is 2.18. The molecule has 1 aromatic heterocycles. The first-order valence-corrected chi connectivity index (χ1v) is 5.95. The van der Waals surface area contributed by atoms with Crippen LogP contribution in [0.15, 0.2) is 41.1 Å². The van der Waals surface area contributed by atoms with Gasteiger partial charge in [0.15, 0.2) is 5.82 Å². The highest BCUT2D eigenvalue weighted by Gasteiger charge is 2.11. The number of nitrogens with two attached hydrogens (primary N) is 1. The second kappa shape index (κ2) is 5.14. The molecule has 2 N–H and O–H groups in total. The average Bonchev–Trinajstić information content (AvgIpc) is 2.35. The Morgan fingerprint density at radius 1 is 1.29 bits per heavy atom. The number of nitrogens with zero attached hydrogens (tertiary/aromatic N) is 2. The summed E-state index contributed by atoms with van der Waals surface area (Å²) >= 11 is 3.23. The predicted molar refractivity (Wildman–Crippen MR) is 69.6 cm³/mol. The third kappa shape index (κ3) is 2.94. The Hall–Kier alpha value is -1.62. The van der Waals surface area contributed by atoms with Crippen LogP contribution in [0.1, 0.15) is 18.6 Å². The lowest BCUT2D eigenvalue weighted by Gasteiger charge is -2.14. The molecule has 0 aliphatic rings. The molecule has 0 radical (unpaired) electrons. The highest BCUT2D eigenvalue weighted by molar-refractivity contribution is 9.10. The van der Waals surface area contributed by atoms with E-state index in [1.807, 2.05) is 37.3 Å². The molecule has 0 aliphatic heterocycles. The molecule has 1 heterocycles. The fraction of sp³-hybridized carbons (Fsp3) is 0.167. The van der Waals surface area contributed by atoms with Crippen molar-refractivity contribution in [1.82, 2.24) is 9.97 Å². The quantitative estimate of drug-likeness (QED) is 0.945. The van der Waals surface area contributed by atoms with Crippen LogP contribution in [-0.2, 0) is 0 Å². The zero-order valence-electron chi connectivity index (χ0n) is 9.30. The number of aromatic nitrogens is 2. The van der Waals surface area contributed by atoms with Gasteiger partial charge in [0, 0.05) is 0 Å². The Labute approximate surface area is 108 Å². The summed E-state index contributed by atoms with van der Waals surface area (Å²) in [6.45, 7) is 1.94. The van der Waals surface area contributed by atoms with Gasteiger partial charge in [0.2, 0.25) is 0 Å². The summed E-state index contributed by atoms with van der Waals surface area (Å²) in [5.41, 5.74) is 6.76. The highest BCUT2D eigenvalue weighted by atomic mass is 79.9. The zero-order chi connectivity index (χ0) is 12.3. The van der Waals surface area contributed by atoms with Crippen molar-refractivity contribution in [2.45, 2.75) is 13.0 Å². The number of anilines is 1. The maximum atomic E-state index is 5.70. The van der Waals surface area contributed by atoms with Crippen LogP contribution >= 0.6 is 15.9 Å². The molecule has 2 aromatic rings. The summed E-state index contributed by atoms with van der Waals surface area (Å²) < 4.78 is 6.28. The maximum Gasteiger partial charge on any atom is 0.258 e. The van der Waals surface area contributed by atoms with E-state index >= 15 is 0 Å². The second-order valence-corrected chi connectivity index (χ2v) is 4.37. The molecule has 5 heteroatoms. The molecule has 1 atom stereocenters. The lowest BCUT2D eigenvalue weighted by molar-refractivity contribution is 0.218. The van der Waals surface area contributed by atoms with Crippen LogP contribution in [0.2, 0.25) is 0 Å². The van der Waals surface area contributed by atoms with Crippen LogP contribution < -0.4 is 10.5 Å². The number of nitrogen functional groups attached to an aromatic ring is 1. The average molecular weight is 294 g/mol. The molecule has 0 saturated carbocycles. The molecule has 0 fully saturated rings. The number of hydrogen-bond acceptors (Lipinski definition) is 4. The van der Waals surface area contributed by atoms with Crippen LogP contribution in [0.25, 0.3) is 0 Å². The van der Waals surface area contributed by atoms with Crippen molar-refractivity contribution in [1.29, 1.82) is 0 Å². The van der Waals surface area contributed by atoms with E-state index in [2.05, 4.69) is 25.9 Å². The normalized spacial score (nSPS) is 12.1. The summed E-state index contributed by atoms with van der Waals surface area (Å²) in [6.07, 6.45) is 1.41. The molecule has 0 bridgehead atoms. The van der Waals surface area contributed by atoms with Gasteiger partial charge in [0.1, 0.15) is 10.7 Å². The predicted octanol–water partition coefficient (Wildman–Crippen LogP) is 2.96. The third-order valence-electron chi connectivity index (χ3n) is 2.30. The van der Waals surface area contributed by atoms with Gasteiger partial charge in [-0.2, -0.15) is 0 Å². The van der Waals surface area contributed by atoms with E-state index in [4.69, 9.17) is 10.5 Å². The maximum absolute atomic E-state index is 5.70. The van der Waals surface area contributed by atoms with E-state index in [0.29, 0.717) is 10.5 Å². The highest BCUT2D eigenvalue weighted by Crippen LogP contribution is 2.24. The number of benzene rings is 1.